The van der Waals surface area contributed by atoms with E-state index in [-0.39, 0.29) is 11.9 Å². The van der Waals surface area contributed by atoms with Gasteiger partial charge >= 0.3 is 0 Å². The summed E-state index contributed by atoms with van der Waals surface area (Å²) < 4.78 is 7.88. The first-order chi connectivity index (χ1) is 12.3. The molecule has 1 N–H and O–H groups in total. The quantitative estimate of drug-likeness (QED) is 0.506. The summed E-state index contributed by atoms with van der Waals surface area (Å²) in [6, 6.07) is 7.66. The van der Waals surface area contributed by atoms with Gasteiger partial charge in [0.1, 0.15) is 0 Å². The maximum Gasteiger partial charge on any atom is 0.192 e. The molecular weight excluding hydrogens is 356 g/mol. The largest absolute Gasteiger partial charge is 0.376 e. The monoisotopic (exact) mass is 374 g/mol. The van der Waals surface area contributed by atoms with Crippen LogP contribution in [0.1, 0.15) is 23.3 Å². The lowest BCUT2D eigenvalue weighted by Gasteiger charge is -2.14. The molecule has 0 saturated carbocycles. The third-order valence-electron chi connectivity index (χ3n) is 4.10. The van der Waals surface area contributed by atoms with E-state index in [1.54, 1.807) is 23.6 Å². The van der Waals surface area contributed by atoms with Gasteiger partial charge in [0.25, 0.3) is 0 Å². The minimum absolute atomic E-state index is 0.0549. The predicted octanol–water partition coefficient (Wildman–Crippen LogP) is 3.49. The van der Waals surface area contributed by atoms with Gasteiger partial charge in [-0.3, -0.25) is 9.36 Å². The van der Waals surface area contributed by atoms with Crippen molar-refractivity contribution in [3.63, 3.8) is 0 Å². The summed E-state index contributed by atoms with van der Waals surface area (Å²) in [7, 11) is 0. The van der Waals surface area contributed by atoms with Crippen LogP contribution in [0.4, 0.5) is 0 Å². The Kier molecular flexibility index (Phi) is 5.00. The highest BCUT2D eigenvalue weighted by Crippen LogP contribution is 2.29. The lowest BCUT2D eigenvalue weighted by Crippen LogP contribution is -2.17. The normalized spacial score (nSPS) is 17.2. The van der Waals surface area contributed by atoms with Gasteiger partial charge < -0.3 is 9.72 Å². The van der Waals surface area contributed by atoms with Crippen LogP contribution in [-0.2, 0) is 11.3 Å². The van der Waals surface area contributed by atoms with Gasteiger partial charge in [-0.15, -0.1) is 21.5 Å². The SMILES string of the molecule is O=C(CSc1nnc(-c2cccs2)n1CC1CCCO1)c1ccc[nH]1. The van der Waals surface area contributed by atoms with Crippen molar-refractivity contribution in [2.45, 2.75) is 30.6 Å². The van der Waals surface area contributed by atoms with E-state index in [9.17, 15) is 4.79 Å². The molecule has 25 heavy (non-hydrogen) atoms. The average Bonchev–Trinajstić information content (AvgIpc) is 3.40. The first-order valence-corrected chi connectivity index (χ1v) is 10.1. The van der Waals surface area contributed by atoms with Crippen LogP contribution >= 0.6 is 23.1 Å². The second kappa shape index (κ2) is 7.55. The molecule has 6 nitrogen and oxygen atoms in total. The number of H-pyrrole nitrogens is 1. The number of thiophene rings is 1. The second-order valence-electron chi connectivity index (χ2n) is 5.82. The first kappa shape index (κ1) is 16.6. The summed E-state index contributed by atoms with van der Waals surface area (Å²) in [5, 5.41) is 11.5. The fourth-order valence-electron chi connectivity index (χ4n) is 2.85. The van der Waals surface area contributed by atoms with Crippen molar-refractivity contribution in [2.75, 3.05) is 12.4 Å². The fourth-order valence-corrected chi connectivity index (χ4v) is 4.40. The number of Topliss-reactive ketones (excluding diaryl/α,β-unsaturated/α-hetero) is 1. The van der Waals surface area contributed by atoms with E-state index < -0.39 is 0 Å². The van der Waals surface area contributed by atoms with E-state index in [4.69, 9.17) is 4.74 Å². The Morgan fingerprint density at radius 3 is 3.08 bits per heavy atom. The summed E-state index contributed by atoms with van der Waals surface area (Å²) in [6.45, 7) is 1.54. The third-order valence-corrected chi connectivity index (χ3v) is 5.93. The highest BCUT2D eigenvalue weighted by molar-refractivity contribution is 7.99. The zero-order valence-corrected chi connectivity index (χ0v) is 15.2. The zero-order chi connectivity index (χ0) is 17.1. The molecule has 1 saturated heterocycles. The van der Waals surface area contributed by atoms with Crippen molar-refractivity contribution in [1.29, 1.82) is 0 Å². The van der Waals surface area contributed by atoms with E-state index in [2.05, 4.69) is 19.7 Å². The number of hydrogen-bond acceptors (Lipinski definition) is 6. The summed E-state index contributed by atoms with van der Waals surface area (Å²) in [6.07, 6.45) is 4.09. The maximum absolute atomic E-state index is 12.2. The van der Waals surface area contributed by atoms with Crippen molar-refractivity contribution >= 4 is 28.9 Å². The van der Waals surface area contributed by atoms with Crippen molar-refractivity contribution in [1.82, 2.24) is 19.7 Å². The summed E-state index contributed by atoms with van der Waals surface area (Å²) >= 11 is 3.06. The number of ether oxygens (including phenoxy) is 1. The molecule has 1 atom stereocenters. The molecule has 4 rings (SSSR count). The van der Waals surface area contributed by atoms with Crippen LogP contribution in [0.25, 0.3) is 10.7 Å². The second-order valence-corrected chi connectivity index (χ2v) is 7.71. The number of carbonyl (C=O) groups excluding carboxylic acids is 1. The van der Waals surface area contributed by atoms with Gasteiger partial charge in [0, 0.05) is 12.8 Å². The maximum atomic E-state index is 12.2. The summed E-state index contributed by atoms with van der Waals surface area (Å²) in [5.74, 6) is 1.23. The molecule has 0 amide bonds. The minimum atomic E-state index is 0.0549. The Morgan fingerprint density at radius 2 is 2.36 bits per heavy atom. The van der Waals surface area contributed by atoms with E-state index in [0.29, 0.717) is 11.4 Å². The Morgan fingerprint density at radius 1 is 1.40 bits per heavy atom. The van der Waals surface area contributed by atoms with E-state index in [1.165, 1.54) is 11.8 Å². The number of aromatic nitrogens is 4. The molecule has 0 aliphatic carbocycles. The number of rotatable bonds is 7. The molecule has 3 aromatic heterocycles. The van der Waals surface area contributed by atoms with Crippen LogP contribution in [0.3, 0.4) is 0 Å². The smallest absolute Gasteiger partial charge is 0.192 e. The molecule has 1 aliphatic rings. The van der Waals surface area contributed by atoms with Crippen molar-refractivity contribution in [2.24, 2.45) is 0 Å². The lowest BCUT2D eigenvalue weighted by atomic mass is 10.2. The molecule has 3 aromatic rings. The number of ketones is 1. The molecule has 0 radical (unpaired) electrons. The standard InChI is InChI=1S/C17H18N4O2S2/c22-14(13-5-1-7-18-13)11-25-17-20-19-16(15-6-3-9-24-15)21(17)10-12-4-2-8-23-12/h1,3,5-7,9,12,18H,2,4,8,10-11H2. The highest BCUT2D eigenvalue weighted by atomic mass is 32.2. The molecule has 8 heteroatoms. The van der Waals surface area contributed by atoms with Crippen LogP contribution in [-0.4, -0.2) is 44.0 Å². The molecule has 130 valence electrons. The Labute approximate surface area is 153 Å². The van der Waals surface area contributed by atoms with Gasteiger partial charge in [0.05, 0.1) is 29.0 Å². The number of thioether (sulfide) groups is 1. The van der Waals surface area contributed by atoms with Gasteiger partial charge in [-0.25, -0.2) is 0 Å². The topological polar surface area (TPSA) is 72.8 Å². The molecule has 1 fully saturated rings. The average molecular weight is 374 g/mol. The van der Waals surface area contributed by atoms with Gasteiger partial charge in [-0.1, -0.05) is 17.8 Å². The van der Waals surface area contributed by atoms with Crippen molar-refractivity contribution in [3.8, 4) is 10.7 Å². The van der Waals surface area contributed by atoms with Gasteiger partial charge in [0.15, 0.2) is 16.8 Å². The van der Waals surface area contributed by atoms with E-state index in [1.807, 2.05) is 23.6 Å². The van der Waals surface area contributed by atoms with Crippen LogP contribution in [0.5, 0.6) is 0 Å². The van der Waals surface area contributed by atoms with Crippen LogP contribution in [0, 0.1) is 0 Å². The molecular formula is C17H18N4O2S2. The molecule has 4 heterocycles. The van der Waals surface area contributed by atoms with Crippen molar-refractivity contribution < 1.29 is 9.53 Å². The van der Waals surface area contributed by atoms with Crippen LogP contribution in [0.2, 0.25) is 0 Å². The van der Waals surface area contributed by atoms with Gasteiger partial charge in [-0.2, -0.15) is 0 Å². The highest BCUT2D eigenvalue weighted by Gasteiger charge is 2.22. The Bertz CT molecular complexity index is 821. The Hall–Kier alpha value is -1.90. The molecule has 0 spiro atoms. The number of hydrogen-bond donors (Lipinski definition) is 1. The zero-order valence-electron chi connectivity index (χ0n) is 13.6. The van der Waals surface area contributed by atoms with Crippen molar-refractivity contribution in [3.05, 3.63) is 41.5 Å². The number of nitrogens with zero attached hydrogens (tertiary/aromatic N) is 3. The number of nitrogens with one attached hydrogen (secondary N) is 1. The number of aromatic amines is 1. The molecule has 1 aliphatic heterocycles. The first-order valence-electron chi connectivity index (χ1n) is 8.19. The predicted molar refractivity (Wildman–Crippen MR) is 98.2 cm³/mol. The molecule has 0 aromatic carbocycles. The molecule has 0 bridgehead atoms. The third kappa shape index (κ3) is 3.70. The fraction of sp³-hybridized carbons (Fsp3) is 0.353. The van der Waals surface area contributed by atoms with E-state index >= 15 is 0 Å². The van der Waals surface area contributed by atoms with E-state index in [0.717, 1.165) is 41.9 Å². The Balaban J connectivity index is 1.54. The summed E-state index contributed by atoms with van der Waals surface area (Å²) in [5.41, 5.74) is 0.621. The summed E-state index contributed by atoms with van der Waals surface area (Å²) in [4.78, 5) is 16.3. The van der Waals surface area contributed by atoms with Gasteiger partial charge in [0.2, 0.25) is 0 Å². The molecule has 1 unspecified atom stereocenters. The lowest BCUT2D eigenvalue weighted by molar-refractivity contribution is 0.0953. The van der Waals surface area contributed by atoms with Gasteiger partial charge in [-0.05, 0) is 36.4 Å². The van der Waals surface area contributed by atoms with Crippen LogP contribution in [0.15, 0.2) is 41.0 Å². The minimum Gasteiger partial charge on any atom is -0.376 e. The number of carbonyl (C=O) groups is 1. The van der Waals surface area contributed by atoms with Crippen LogP contribution < -0.4 is 0 Å².